The maximum atomic E-state index is 12.1. The van der Waals surface area contributed by atoms with Crippen LogP contribution in [0.1, 0.15) is 30.0 Å². The number of hydrogen-bond donors (Lipinski definition) is 0. The Morgan fingerprint density at radius 2 is 1.89 bits per heavy atom. The van der Waals surface area contributed by atoms with Gasteiger partial charge in [-0.3, -0.25) is 4.79 Å². The second kappa shape index (κ2) is 4.96. The number of rotatable bonds is 4. The van der Waals surface area contributed by atoms with E-state index in [-0.39, 0.29) is 11.7 Å². The Balaban J connectivity index is 2.72. The summed E-state index contributed by atoms with van der Waals surface area (Å²) in [4.78, 5) is 12.1. The van der Waals surface area contributed by atoms with E-state index in [2.05, 4.69) is 0 Å². The van der Waals surface area contributed by atoms with E-state index in [1.807, 2.05) is 32.9 Å². The molecule has 0 aliphatic carbocycles. The first kappa shape index (κ1) is 13.5. The smallest absolute Gasteiger partial charge is 0.204 e. The number of Topliss-reactive ketones (excluding diaryl/α,β-unsaturated/α-hetero) is 1. The first-order valence-electron chi connectivity index (χ1n) is 6.19. The average molecular weight is 262 g/mol. The van der Waals surface area contributed by atoms with Crippen LogP contribution >= 0.6 is 0 Å². The molecule has 0 spiro atoms. The molecule has 0 aliphatic rings. The molecule has 4 nitrogen and oxygen atoms in total. The third kappa shape index (κ3) is 2.07. The minimum atomic E-state index is -0.104. The number of carbonyl (C=O) groups is 1. The van der Waals surface area contributed by atoms with Gasteiger partial charge in [-0.05, 0) is 19.1 Å². The quantitative estimate of drug-likeness (QED) is 0.790. The predicted molar refractivity (Wildman–Crippen MR) is 73.2 cm³/mol. The highest BCUT2D eigenvalue weighted by Gasteiger charge is 2.23. The summed E-state index contributed by atoms with van der Waals surface area (Å²) in [5.41, 5.74) is 1.40. The van der Waals surface area contributed by atoms with E-state index in [0.29, 0.717) is 22.8 Å². The van der Waals surface area contributed by atoms with E-state index in [1.165, 1.54) is 0 Å². The van der Waals surface area contributed by atoms with Crippen LogP contribution in [0.4, 0.5) is 0 Å². The molecule has 0 saturated carbocycles. The predicted octanol–water partition coefficient (Wildman–Crippen LogP) is 3.60. The van der Waals surface area contributed by atoms with Gasteiger partial charge in [-0.1, -0.05) is 13.8 Å². The van der Waals surface area contributed by atoms with Crippen LogP contribution in [0.2, 0.25) is 0 Å². The molecule has 2 aromatic rings. The van der Waals surface area contributed by atoms with E-state index in [1.54, 1.807) is 14.2 Å². The van der Waals surface area contributed by atoms with Gasteiger partial charge in [0, 0.05) is 16.9 Å². The van der Waals surface area contributed by atoms with Gasteiger partial charge in [0.25, 0.3) is 0 Å². The standard InChI is InChI=1S/C15H18O4/c1-8(2)12(16)13-9(3)10-6-7-11(17-4)15(18-5)14(10)19-13/h6-8H,1-5H3. The fourth-order valence-corrected chi connectivity index (χ4v) is 2.09. The number of methoxy groups -OCH3 is 2. The summed E-state index contributed by atoms with van der Waals surface area (Å²) in [6, 6.07) is 3.69. The van der Waals surface area contributed by atoms with Crippen molar-refractivity contribution in [3.63, 3.8) is 0 Å². The first-order chi connectivity index (χ1) is 9.01. The lowest BCUT2D eigenvalue weighted by molar-refractivity contribution is 0.0912. The third-order valence-corrected chi connectivity index (χ3v) is 3.20. The molecule has 0 N–H and O–H groups in total. The van der Waals surface area contributed by atoms with Crippen molar-refractivity contribution in [2.24, 2.45) is 5.92 Å². The van der Waals surface area contributed by atoms with Crippen LogP contribution in [0.3, 0.4) is 0 Å². The molecule has 1 aromatic heterocycles. The van der Waals surface area contributed by atoms with Gasteiger partial charge in [0.2, 0.25) is 11.5 Å². The minimum Gasteiger partial charge on any atom is -0.493 e. The molecule has 0 aliphatic heterocycles. The van der Waals surface area contributed by atoms with E-state index >= 15 is 0 Å². The number of benzene rings is 1. The molecule has 0 fully saturated rings. The topological polar surface area (TPSA) is 48.7 Å². The Labute approximate surface area is 112 Å². The van der Waals surface area contributed by atoms with Crippen LogP contribution in [0.5, 0.6) is 11.5 Å². The van der Waals surface area contributed by atoms with E-state index in [0.717, 1.165) is 10.9 Å². The van der Waals surface area contributed by atoms with Crippen molar-refractivity contribution >= 4 is 16.8 Å². The van der Waals surface area contributed by atoms with E-state index in [9.17, 15) is 4.79 Å². The molecule has 1 heterocycles. The second-order valence-corrected chi connectivity index (χ2v) is 4.75. The number of furan rings is 1. The van der Waals surface area contributed by atoms with Gasteiger partial charge in [0.05, 0.1) is 14.2 Å². The van der Waals surface area contributed by atoms with Gasteiger partial charge in [-0.15, -0.1) is 0 Å². The number of ketones is 1. The van der Waals surface area contributed by atoms with Crippen molar-refractivity contribution in [1.82, 2.24) is 0 Å². The van der Waals surface area contributed by atoms with Crippen molar-refractivity contribution in [3.05, 3.63) is 23.5 Å². The third-order valence-electron chi connectivity index (χ3n) is 3.20. The molecule has 0 saturated heterocycles. The molecule has 0 radical (unpaired) electrons. The molecule has 102 valence electrons. The monoisotopic (exact) mass is 262 g/mol. The first-order valence-corrected chi connectivity index (χ1v) is 6.19. The Kier molecular flexibility index (Phi) is 3.51. The average Bonchev–Trinajstić information content (AvgIpc) is 2.74. The summed E-state index contributed by atoms with van der Waals surface area (Å²) in [5, 5.41) is 0.877. The van der Waals surface area contributed by atoms with Crippen LogP contribution in [-0.2, 0) is 0 Å². The normalized spacial score (nSPS) is 11.1. The lowest BCUT2D eigenvalue weighted by Gasteiger charge is -2.06. The van der Waals surface area contributed by atoms with Crippen LogP contribution in [0.15, 0.2) is 16.5 Å². The van der Waals surface area contributed by atoms with Crippen molar-refractivity contribution in [2.45, 2.75) is 20.8 Å². The number of ether oxygens (including phenoxy) is 2. The fraction of sp³-hybridized carbons (Fsp3) is 0.400. The lowest BCUT2D eigenvalue weighted by Crippen LogP contribution is -2.07. The van der Waals surface area contributed by atoms with E-state index in [4.69, 9.17) is 13.9 Å². The number of aryl methyl sites for hydroxylation is 1. The highest BCUT2D eigenvalue weighted by molar-refractivity contribution is 6.02. The summed E-state index contributed by atoms with van der Waals surface area (Å²) < 4.78 is 16.3. The Hall–Kier alpha value is -1.97. The van der Waals surface area contributed by atoms with Gasteiger partial charge in [-0.2, -0.15) is 0 Å². The minimum absolute atomic E-state index is 0.00489. The second-order valence-electron chi connectivity index (χ2n) is 4.75. The molecule has 4 heteroatoms. The van der Waals surface area contributed by atoms with Crippen LogP contribution in [0, 0.1) is 12.8 Å². The Bertz CT molecular complexity index is 623. The van der Waals surface area contributed by atoms with Gasteiger partial charge in [0.15, 0.2) is 17.1 Å². The molecule has 0 atom stereocenters. The maximum Gasteiger partial charge on any atom is 0.204 e. The fourth-order valence-electron chi connectivity index (χ4n) is 2.09. The molecule has 0 unspecified atom stereocenters. The zero-order valence-corrected chi connectivity index (χ0v) is 11.9. The number of carbonyl (C=O) groups excluding carboxylic acids is 1. The largest absolute Gasteiger partial charge is 0.493 e. The summed E-state index contributed by atoms with van der Waals surface area (Å²) in [6.45, 7) is 5.59. The van der Waals surface area contributed by atoms with Gasteiger partial charge >= 0.3 is 0 Å². The van der Waals surface area contributed by atoms with Crippen molar-refractivity contribution < 1.29 is 18.7 Å². The molecule has 0 amide bonds. The summed E-state index contributed by atoms with van der Waals surface area (Å²) >= 11 is 0. The molecule has 19 heavy (non-hydrogen) atoms. The molecule has 2 rings (SSSR count). The lowest BCUT2D eigenvalue weighted by atomic mass is 10.0. The van der Waals surface area contributed by atoms with Crippen LogP contribution < -0.4 is 9.47 Å². The Morgan fingerprint density at radius 1 is 1.21 bits per heavy atom. The van der Waals surface area contributed by atoms with Crippen LogP contribution in [-0.4, -0.2) is 20.0 Å². The van der Waals surface area contributed by atoms with Gasteiger partial charge < -0.3 is 13.9 Å². The highest BCUT2D eigenvalue weighted by Crippen LogP contribution is 2.39. The molecule has 1 aromatic carbocycles. The summed E-state index contributed by atoms with van der Waals surface area (Å²) in [5.74, 6) is 1.40. The molecular weight excluding hydrogens is 244 g/mol. The van der Waals surface area contributed by atoms with Gasteiger partial charge in [-0.25, -0.2) is 0 Å². The van der Waals surface area contributed by atoms with Gasteiger partial charge in [0.1, 0.15) is 0 Å². The van der Waals surface area contributed by atoms with Crippen molar-refractivity contribution in [3.8, 4) is 11.5 Å². The van der Waals surface area contributed by atoms with Crippen LogP contribution in [0.25, 0.3) is 11.0 Å². The number of fused-ring (bicyclic) bond motifs is 1. The molecular formula is C15H18O4. The molecule has 0 bridgehead atoms. The Morgan fingerprint density at radius 3 is 2.42 bits per heavy atom. The number of hydrogen-bond acceptors (Lipinski definition) is 4. The maximum absolute atomic E-state index is 12.1. The van der Waals surface area contributed by atoms with Crippen molar-refractivity contribution in [1.29, 1.82) is 0 Å². The highest BCUT2D eigenvalue weighted by atomic mass is 16.5. The summed E-state index contributed by atoms with van der Waals surface area (Å²) in [6.07, 6.45) is 0. The van der Waals surface area contributed by atoms with E-state index < -0.39 is 0 Å². The zero-order chi connectivity index (χ0) is 14.2. The summed E-state index contributed by atoms with van der Waals surface area (Å²) in [7, 11) is 3.12. The zero-order valence-electron chi connectivity index (χ0n) is 11.9. The SMILES string of the molecule is COc1ccc2c(C)c(C(=O)C(C)C)oc2c1OC. The van der Waals surface area contributed by atoms with Crippen molar-refractivity contribution in [2.75, 3.05) is 14.2 Å².